The molecule has 0 atom stereocenters. The lowest BCUT2D eigenvalue weighted by molar-refractivity contribution is 0.665. The predicted octanol–water partition coefficient (Wildman–Crippen LogP) is 3.70. The monoisotopic (exact) mass is 365 g/mol. The predicted molar refractivity (Wildman–Crippen MR) is 101 cm³/mol. The first-order valence-electron chi connectivity index (χ1n) is 7.92. The van der Waals surface area contributed by atoms with Crippen molar-refractivity contribution in [1.29, 1.82) is 0 Å². The first-order valence-corrected chi connectivity index (χ1v) is 8.29. The van der Waals surface area contributed by atoms with E-state index in [4.69, 9.17) is 16.0 Å². The van der Waals surface area contributed by atoms with Crippen molar-refractivity contribution >= 4 is 50.4 Å². The molecule has 128 valence electrons. The summed E-state index contributed by atoms with van der Waals surface area (Å²) in [5.74, 6) is 0.387. The van der Waals surface area contributed by atoms with Gasteiger partial charge in [-0.1, -0.05) is 11.6 Å². The van der Waals surface area contributed by atoms with Crippen LogP contribution >= 0.6 is 11.6 Å². The number of aromatic amines is 1. The molecule has 0 amide bonds. The van der Waals surface area contributed by atoms with Crippen molar-refractivity contribution in [3.05, 3.63) is 58.1 Å². The Morgan fingerprint density at radius 1 is 1.23 bits per heavy atom. The van der Waals surface area contributed by atoms with Crippen molar-refractivity contribution in [3.8, 4) is 5.69 Å². The molecule has 0 saturated carbocycles. The van der Waals surface area contributed by atoms with Crippen LogP contribution < -0.4 is 11.0 Å². The molecule has 0 radical (unpaired) electrons. The number of nitrogens with zero attached hydrogens (tertiary/aromatic N) is 3. The normalized spacial score (nSPS) is 11.6. The smallest absolute Gasteiger partial charge is 0.354 e. The second-order valence-corrected chi connectivity index (χ2v) is 6.33. The number of anilines is 1. The van der Waals surface area contributed by atoms with Crippen LogP contribution in [0.4, 0.5) is 5.82 Å². The summed E-state index contributed by atoms with van der Waals surface area (Å²) in [6, 6.07) is 10.9. The minimum Gasteiger partial charge on any atom is -0.450 e. The Labute approximate surface area is 151 Å². The van der Waals surface area contributed by atoms with Gasteiger partial charge in [-0.25, -0.2) is 4.79 Å². The lowest BCUT2D eigenvalue weighted by Gasteiger charge is -2.09. The third-order valence-electron chi connectivity index (χ3n) is 4.38. The van der Waals surface area contributed by atoms with Crippen LogP contribution in [0.1, 0.15) is 0 Å². The summed E-state index contributed by atoms with van der Waals surface area (Å²) in [7, 11) is 1.70. The van der Waals surface area contributed by atoms with E-state index in [1.54, 1.807) is 31.4 Å². The maximum atomic E-state index is 12.8. The number of nitrogens with one attached hydrogen (secondary N) is 2. The van der Waals surface area contributed by atoms with E-state index >= 15 is 0 Å². The third kappa shape index (κ3) is 2.04. The first kappa shape index (κ1) is 15.0. The third-order valence-corrected chi connectivity index (χ3v) is 4.62. The molecule has 0 aliphatic heterocycles. The number of H-pyrrole nitrogens is 1. The first-order chi connectivity index (χ1) is 12.7. The Bertz CT molecular complexity index is 1370. The van der Waals surface area contributed by atoms with E-state index in [0.29, 0.717) is 33.2 Å². The fourth-order valence-electron chi connectivity index (χ4n) is 3.21. The Balaban J connectivity index is 1.97. The zero-order chi connectivity index (χ0) is 17.8. The van der Waals surface area contributed by atoms with Crippen LogP contribution in [0.15, 0.2) is 51.8 Å². The number of hydrogen-bond donors (Lipinski definition) is 2. The van der Waals surface area contributed by atoms with Crippen LogP contribution in [0.2, 0.25) is 5.02 Å². The molecule has 8 heteroatoms. The number of hydrogen-bond acceptors (Lipinski definition) is 5. The Kier molecular flexibility index (Phi) is 3.07. The van der Waals surface area contributed by atoms with Gasteiger partial charge in [-0.3, -0.25) is 9.67 Å². The summed E-state index contributed by atoms with van der Waals surface area (Å²) in [6.07, 6.45) is 1.71. The summed E-state index contributed by atoms with van der Waals surface area (Å²) in [6.45, 7) is 0. The van der Waals surface area contributed by atoms with Gasteiger partial charge in [0.2, 0.25) is 0 Å². The highest BCUT2D eigenvalue weighted by Crippen LogP contribution is 2.34. The lowest BCUT2D eigenvalue weighted by Crippen LogP contribution is -2.22. The molecule has 0 aliphatic rings. The van der Waals surface area contributed by atoms with E-state index < -0.39 is 5.69 Å². The van der Waals surface area contributed by atoms with Gasteiger partial charge in [0, 0.05) is 22.8 Å². The highest BCUT2D eigenvalue weighted by Gasteiger charge is 2.19. The quantitative estimate of drug-likeness (QED) is 0.498. The van der Waals surface area contributed by atoms with Gasteiger partial charge in [0.15, 0.2) is 11.4 Å². The molecule has 0 fully saturated rings. The van der Waals surface area contributed by atoms with E-state index in [2.05, 4.69) is 20.5 Å². The number of benzene rings is 2. The van der Waals surface area contributed by atoms with E-state index in [-0.39, 0.29) is 0 Å². The molecule has 3 heterocycles. The topological polar surface area (TPSA) is 88.7 Å². The van der Waals surface area contributed by atoms with Gasteiger partial charge in [-0.15, -0.1) is 0 Å². The average Bonchev–Trinajstić information content (AvgIpc) is 3.25. The standard InChI is InChI=1S/C18H12ClN5O2/c1-20-17-16-15(12-7-10(19)2-5-14(12)26-16)24(18(25)22-17)11-3-4-13-9(6-11)8-21-23-13/h2-8H,1H3,(H,21,23)(H,20,22,25). The van der Waals surface area contributed by atoms with Crippen LogP contribution in [0.25, 0.3) is 38.7 Å². The van der Waals surface area contributed by atoms with Crippen LogP contribution in [-0.2, 0) is 0 Å². The van der Waals surface area contributed by atoms with Gasteiger partial charge in [-0.05, 0) is 36.4 Å². The lowest BCUT2D eigenvalue weighted by atomic mass is 10.2. The SMILES string of the molecule is CNc1nc(=O)n(-c2ccc3[nH]ncc3c2)c2c1oc1ccc(Cl)cc12. The van der Waals surface area contributed by atoms with E-state index in [0.717, 1.165) is 16.3 Å². The average molecular weight is 366 g/mol. The van der Waals surface area contributed by atoms with Gasteiger partial charge in [0.1, 0.15) is 11.1 Å². The molecule has 0 unspecified atom stereocenters. The zero-order valence-corrected chi connectivity index (χ0v) is 14.3. The summed E-state index contributed by atoms with van der Waals surface area (Å²) in [5, 5.41) is 12.1. The number of aromatic nitrogens is 4. The molecule has 5 rings (SSSR count). The molecule has 0 spiro atoms. The fourth-order valence-corrected chi connectivity index (χ4v) is 3.38. The van der Waals surface area contributed by atoms with E-state index in [1.807, 2.05) is 18.2 Å². The minimum absolute atomic E-state index is 0.387. The zero-order valence-electron chi connectivity index (χ0n) is 13.6. The summed E-state index contributed by atoms with van der Waals surface area (Å²) in [4.78, 5) is 17.0. The van der Waals surface area contributed by atoms with Crippen molar-refractivity contribution < 1.29 is 4.42 Å². The maximum absolute atomic E-state index is 12.8. The van der Waals surface area contributed by atoms with Crippen molar-refractivity contribution in [2.24, 2.45) is 0 Å². The van der Waals surface area contributed by atoms with Crippen LogP contribution in [0.5, 0.6) is 0 Å². The largest absolute Gasteiger partial charge is 0.450 e. The van der Waals surface area contributed by atoms with Gasteiger partial charge in [0.05, 0.1) is 17.4 Å². The minimum atomic E-state index is -0.410. The maximum Gasteiger partial charge on any atom is 0.354 e. The summed E-state index contributed by atoms with van der Waals surface area (Å²) >= 11 is 6.18. The molecular formula is C18H12ClN5O2. The molecule has 7 nitrogen and oxygen atoms in total. The number of fused-ring (bicyclic) bond motifs is 4. The second-order valence-electron chi connectivity index (χ2n) is 5.89. The molecule has 3 aromatic heterocycles. The molecule has 0 bridgehead atoms. The molecule has 2 N–H and O–H groups in total. The van der Waals surface area contributed by atoms with Gasteiger partial charge < -0.3 is 9.73 Å². The Morgan fingerprint density at radius 2 is 2.12 bits per heavy atom. The van der Waals surface area contributed by atoms with Crippen molar-refractivity contribution in [2.45, 2.75) is 0 Å². The molecule has 0 saturated heterocycles. The molecule has 2 aromatic carbocycles. The fraction of sp³-hybridized carbons (Fsp3) is 0.0556. The highest BCUT2D eigenvalue weighted by molar-refractivity contribution is 6.31. The van der Waals surface area contributed by atoms with Crippen LogP contribution in [-0.4, -0.2) is 26.8 Å². The van der Waals surface area contributed by atoms with Crippen LogP contribution in [0, 0.1) is 0 Å². The number of furan rings is 1. The molecule has 5 aromatic rings. The second kappa shape index (κ2) is 5.34. The Morgan fingerprint density at radius 3 is 2.96 bits per heavy atom. The van der Waals surface area contributed by atoms with Gasteiger partial charge in [-0.2, -0.15) is 10.1 Å². The van der Waals surface area contributed by atoms with E-state index in [9.17, 15) is 4.79 Å². The van der Waals surface area contributed by atoms with Crippen molar-refractivity contribution in [1.82, 2.24) is 19.7 Å². The molecule has 26 heavy (non-hydrogen) atoms. The highest BCUT2D eigenvalue weighted by atomic mass is 35.5. The van der Waals surface area contributed by atoms with Crippen molar-refractivity contribution in [3.63, 3.8) is 0 Å². The summed E-state index contributed by atoms with van der Waals surface area (Å²) < 4.78 is 7.49. The molecular weight excluding hydrogens is 354 g/mol. The van der Waals surface area contributed by atoms with E-state index in [1.165, 1.54) is 4.57 Å². The Hall–Kier alpha value is -3.32. The van der Waals surface area contributed by atoms with Crippen molar-refractivity contribution in [2.75, 3.05) is 12.4 Å². The number of halogens is 1. The summed E-state index contributed by atoms with van der Waals surface area (Å²) in [5.41, 5.74) is 2.90. The van der Waals surface area contributed by atoms with Gasteiger partial charge >= 0.3 is 5.69 Å². The van der Waals surface area contributed by atoms with Gasteiger partial charge in [0.25, 0.3) is 0 Å². The van der Waals surface area contributed by atoms with Crippen LogP contribution in [0.3, 0.4) is 0 Å². The number of rotatable bonds is 2. The molecule has 0 aliphatic carbocycles.